The van der Waals surface area contributed by atoms with Crippen LogP contribution < -0.4 is 0 Å². The van der Waals surface area contributed by atoms with Crippen LogP contribution in [0, 0.1) is 46.3 Å². The van der Waals surface area contributed by atoms with E-state index >= 15 is 0 Å². The quantitative estimate of drug-likeness (QED) is 0.636. The Morgan fingerprint density at radius 3 is 2.50 bits per heavy atom. The number of carbonyl (C=O) groups is 1. The second kappa shape index (κ2) is 7.60. The number of ether oxygens (including phenoxy) is 1. The lowest BCUT2D eigenvalue weighted by Crippen LogP contribution is -2.54. The molecule has 0 aromatic rings. The van der Waals surface area contributed by atoms with Gasteiger partial charge in [0.15, 0.2) is 0 Å². The number of hydrogen-bond acceptors (Lipinski definition) is 3. The van der Waals surface area contributed by atoms with Gasteiger partial charge in [0.25, 0.3) is 0 Å². The fourth-order valence-corrected chi connectivity index (χ4v) is 8.86. The molecule has 0 heterocycles. The molecule has 0 aliphatic heterocycles. The Bertz CT molecular complexity index is 588. The molecule has 0 spiro atoms. The van der Waals surface area contributed by atoms with E-state index in [4.69, 9.17) is 4.74 Å². The van der Waals surface area contributed by atoms with Crippen molar-refractivity contribution < 1.29 is 14.6 Å². The summed E-state index contributed by atoms with van der Waals surface area (Å²) in [6.45, 7) is 7.56. The third-order valence-electron chi connectivity index (χ3n) is 10.4. The van der Waals surface area contributed by atoms with E-state index in [1.54, 1.807) is 0 Å². The Labute approximate surface area is 172 Å². The Morgan fingerprint density at radius 1 is 1.04 bits per heavy atom. The van der Waals surface area contributed by atoms with E-state index < -0.39 is 0 Å². The molecule has 0 bridgehead atoms. The number of rotatable bonds is 4. The molecule has 4 saturated carbocycles. The number of fused-ring (bicyclic) bond motifs is 5. The van der Waals surface area contributed by atoms with Gasteiger partial charge in [0, 0.05) is 6.42 Å². The van der Waals surface area contributed by atoms with Crippen LogP contribution in [0.25, 0.3) is 0 Å². The van der Waals surface area contributed by atoms with Crippen molar-refractivity contribution >= 4 is 5.97 Å². The fraction of sp³-hybridized carbons (Fsp3) is 0.960. The van der Waals surface area contributed by atoms with Crippen molar-refractivity contribution in [2.24, 2.45) is 46.3 Å². The van der Waals surface area contributed by atoms with Gasteiger partial charge < -0.3 is 9.84 Å². The average molecular weight is 391 g/mol. The number of aliphatic hydroxyl groups excluding tert-OH is 1. The molecule has 0 radical (unpaired) electrons. The molecule has 0 saturated heterocycles. The van der Waals surface area contributed by atoms with Gasteiger partial charge in [-0.2, -0.15) is 0 Å². The van der Waals surface area contributed by atoms with Crippen molar-refractivity contribution in [2.45, 2.75) is 97.5 Å². The van der Waals surface area contributed by atoms with Crippen LogP contribution in [0.4, 0.5) is 0 Å². The highest BCUT2D eigenvalue weighted by Crippen LogP contribution is 2.68. The van der Waals surface area contributed by atoms with Gasteiger partial charge in [-0.15, -0.1) is 0 Å². The maximum Gasteiger partial charge on any atom is 0.305 e. The minimum atomic E-state index is -0.0546. The minimum Gasteiger partial charge on any atom is -0.469 e. The number of carbonyl (C=O) groups excluding carboxylic acids is 1. The summed E-state index contributed by atoms with van der Waals surface area (Å²) in [7, 11) is 1.50. The second-order valence-corrected chi connectivity index (χ2v) is 11.4. The molecule has 3 heteroatoms. The monoisotopic (exact) mass is 390 g/mol. The summed E-state index contributed by atoms with van der Waals surface area (Å²) in [5, 5.41) is 10.2. The Kier molecular flexibility index (Phi) is 5.61. The van der Waals surface area contributed by atoms with Crippen LogP contribution >= 0.6 is 0 Å². The highest BCUT2D eigenvalue weighted by Gasteiger charge is 2.60. The predicted molar refractivity (Wildman–Crippen MR) is 112 cm³/mol. The molecular formula is C25H42O3. The summed E-state index contributed by atoms with van der Waals surface area (Å²) < 4.78 is 4.88. The van der Waals surface area contributed by atoms with Crippen LogP contribution in [0.1, 0.15) is 91.4 Å². The van der Waals surface area contributed by atoms with E-state index in [1.165, 1.54) is 52.1 Å². The maximum absolute atomic E-state index is 11.6. The fourth-order valence-electron chi connectivity index (χ4n) is 8.86. The van der Waals surface area contributed by atoms with E-state index in [-0.39, 0.29) is 12.1 Å². The summed E-state index contributed by atoms with van der Waals surface area (Å²) in [4.78, 5) is 11.6. The number of esters is 1. The lowest BCUT2D eigenvalue weighted by molar-refractivity contribution is -0.141. The summed E-state index contributed by atoms with van der Waals surface area (Å²) in [5.41, 5.74) is 0.937. The van der Waals surface area contributed by atoms with Crippen LogP contribution in [0.3, 0.4) is 0 Å². The van der Waals surface area contributed by atoms with Crippen LogP contribution in [0.15, 0.2) is 0 Å². The number of methoxy groups -OCH3 is 1. The van der Waals surface area contributed by atoms with Gasteiger partial charge >= 0.3 is 5.97 Å². The molecule has 0 unspecified atom stereocenters. The van der Waals surface area contributed by atoms with Gasteiger partial charge in [-0.25, -0.2) is 0 Å². The first-order chi connectivity index (χ1) is 13.3. The van der Waals surface area contributed by atoms with Gasteiger partial charge in [0.05, 0.1) is 13.2 Å². The molecule has 4 aliphatic carbocycles. The molecule has 0 aromatic heterocycles. The predicted octanol–water partition coefficient (Wildman–Crippen LogP) is 5.60. The van der Waals surface area contributed by atoms with E-state index in [1.807, 2.05) is 0 Å². The maximum atomic E-state index is 11.6. The molecule has 0 amide bonds. The van der Waals surface area contributed by atoms with E-state index in [9.17, 15) is 9.90 Å². The van der Waals surface area contributed by atoms with E-state index in [0.717, 1.165) is 48.9 Å². The lowest BCUT2D eigenvalue weighted by atomic mass is 9.44. The third kappa shape index (κ3) is 3.24. The van der Waals surface area contributed by atoms with Gasteiger partial charge in [-0.1, -0.05) is 20.8 Å². The molecule has 160 valence electrons. The molecule has 9 atom stereocenters. The number of aliphatic hydroxyl groups is 1. The first-order valence-corrected chi connectivity index (χ1v) is 12.0. The van der Waals surface area contributed by atoms with Gasteiger partial charge in [-0.05, 0) is 111 Å². The minimum absolute atomic E-state index is 0.0463. The Balaban J connectivity index is 1.48. The normalized spacial score (nSPS) is 48.9. The van der Waals surface area contributed by atoms with Gasteiger partial charge in [-0.3, -0.25) is 4.79 Å². The SMILES string of the molecule is COC(=O)CC[C@H](C)[C@@H]1CC[C@@H]2[C@H]3CC[C@H]4C[C@@H](O)CC[C@]4(C)[C@@H]3CC[C@]21C. The van der Waals surface area contributed by atoms with Gasteiger partial charge in [0.2, 0.25) is 0 Å². The van der Waals surface area contributed by atoms with Crippen molar-refractivity contribution in [3.8, 4) is 0 Å². The highest BCUT2D eigenvalue weighted by molar-refractivity contribution is 5.69. The average Bonchev–Trinajstić information content (AvgIpc) is 3.03. The van der Waals surface area contributed by atoms with Crippen molar-refractivity contribution in [1.82, 2.24) is 0 Å². The van der Waals surface area contributed by atoms with Crippen molar-refractivity contribution in [3.05, 3.63) is 0 Å². The molecule has 28 heavy (non-hydrogen) atoms. The molecule has 1 N–H and O–H groups in total. The summed E-state index contributed by atoms with van der Waals surface area (Å²) in [6.07, 6.45) is 13.1. The summed E-state index contributed by atoms with van der Waals surface area (Å²) in [5.74, 6) is 4.72. The van der Waals surface area contributed by atoms with Crippen molar-refractivity contribution in [2.75, 3.05) is 7.11 Å². The van der Waals surface area contributed by atoms with E-state index in [2.05, 4.69) is 20.8 Å². The van der Waals surface area contributed by atoms with Crippen LogP contribution in [-0.2, 0) is 9.53 Å². The highest BCUT2D eigenvalue weighted by atomic mass is 16.5. The van der Waals surface area contributed by atoms with Crippen LogP contribution in [0.5, 0.6) is 0 Å². The Morgan fingerprint density at radius 2 is 1.75 bits per heavy atom. The molecular weight excluding hydrogens is 348 g/mol. The smallest absolute Gasteiger partial charge is 0.305 e. The van der Waals surface area contributed by atoms with Crippen LogP contribution in [-0.4, -0.2) is 24.3 Å². The molecule has 3 nitrogen and oxygen atoms in total. The topological polar surface area (TPSA) is 46.5 Å². The second-order valence-electron chi connectivity index (χ2n) is 11.4. The zero-order valence-corrected chi connectivity index (χ0v) is 18.6. The summed E-state index contributed by atoms with van der Waals surface area (Å²) in [6, 6.07) is 0. The van der Waals surface area contributed by atoms with Gasteiger partial charge in [0.1, 0.15) is 0 Å². The number of hydrogen-bond donors (Lipinski definition) is 1. The largest absolute Gasteiger partial charge is 0.469 e. The standard InChI is InChI=1S/C25H42O3/c1-16(5-10-23(27)28-4)20-8-9-21-19-7-6-17-15-18(26)11-13-24(17,2)22(19)12-14-25(20,21)3/h16-22,26H,5-15H2,1-4H3/t16-,17-,18-,19+,20-,21+,22+,24-,25-/m0/s1. The third-order valence-corrected chi connectivity index (χ3v) is 10.4. The van der Waals surface area contributed by atoms with E-state index in [0.29, 0.717) is 23.2 Å². The van der Waals surface area contributed by atoms with Crippen molar-refractivity contribution in [3.63, 3.8) is 0 Å². The zero-order valence-electron chi connectivity index (χ0n) is 18.6. The lowest BCUT2D eigenvalue weighted by Gasteiger charge is -2.61. The molecule has 4 aliphatic rings. The van der Waals surface area contributed by atoms with Crippen LogP contribution in [0.2, 0.25) is 0 Å². The molecule has 4 fully saturated rings. The summed E-state index contributed by atoms with van der Waals surface area (Å²) >= 11 is 0. The molecule has 4 rings (SSSR count). The molecule has 0 aromatic carbocycles. The Hall–Kier alpha value is -0.570. The van der Waals surface area contributed by atoms with Crippen molar-refractivity contribution in [1.29, 1.82) is 0 Å². The zero-order chi connectivity index (χ0) is 20.1. The first-order valence-electron chi connectivity index (χ1n) is 12.0. The first kappa shape index (κ1) is 20.7.